The lowest BCUT2D eigenvalue weighted by molar-refractivity contribution is -0.138. The van der Waals surface area contributed by atoms with E-state index in [9.17, 15) is 14.4 Å². The molecule has 0 radical (unpaired) electrons. The summed E-state index contributed by atoms with van der Waals surface area (Å²) in [5, 5.41) is 14.4. The summed E-state index contributed by atoms with van der Waals surface area (Å²) in [5.74, 6) is -1.57. The maximum atomic E-state index is 12.5. The van der Waals surface area contributed by atoms with Gasteiger partial charge in [-0.25, -0.2) is 4.79 Å². The van der Waals surface area contributed by atoms with Crippen LogP contribution in [0.4, 0.5) is 10.5 Å². The van der Waals surface area contributed by atoms with E-state index >= 15 is 0 Å². The van der Waals surface area contributed by atoms with Crippen molar-refractivity contribution in [1.82, 2.24) is 5.32 Å². The molecule has 0 bridgehead atoms. The van der Waals surface area contributed by atoms with Crippen LogP contribution in [-0.4, -0.2) is 36.2 Å². The molecule has 7 nitrogen and oxygen atoms in total. The van der Waals surface area contributed by atoms with Crippen molar-refractivity contribution >= 4 is 23.7 Å². The van der Waals surface area contributed by atoms with Crippen LogP contribution in [0.3, 0.4) is 0 Å². The number of carbonyl (C=O) groups is 3. The van der Waals surface area contributed by atoms with Crippen LogP contribution < -0.4 is 10.6 Å². The quantitative estimate of drug-likeness (QED) is 0.486. The zero-order valence-corrected chi connectivity index (χ0v) is 18.4. The van der Waals surface area contributed by atoms with Crippen LogP contribution in [0.25, 0.3) is 11.1 Å². The van der Waals surface area contributed by atoms with Crippen LogP contribution in [0.15, 0.2) is 72.8 Å². The minimum absolute atomic E-state index is 0.0245. The highest BCUT2D eigenvalue weighted by Gasteiger charge is 2.43. The number of benzene rings is 3. The topological polar surface area (TPSA) is 105 Å². The zero-order valence-electron chi connectivity index (χ0n) is 18.4. The third-order valence-electron chi connectivity index (χ3n) is 6.48. The predicted molar refractivity (Wildman–Crippen MR) is 127 cm³/mol. The van der Waals surface area contributed by atoms with Crippen molar-refractivity contribution in [2.24, 2.45) is 11.8 Å². The van der Waals surface area contributed by atoms with Gasteiger partial charge in [0.1, 0.15) is 6.61 Å². The number of anilines is 1. The molecule has 3 aromatic rings. The Hall–Kier alpha value is -4.13. The average Bonchev–Trinajstić information content (AvgIpc) is 3.57. The van der Waals surface area contributed by atoms with Crippen LogP contribution in [0, 0.1) is 11.8 Å². The second-order valence-electron chi connectivity index (χ2n) is 8.68. The van der Waals surface area contributed by atoms with E-state index in [1.807, 2.05) is 24.3 Å². The Balaban J connectivity index is 1.18. The van der Waals surface area contributed by atoms with E-state index in [0.29, 0.717) is 24.2 Å². The van der Waals surface area contributed by atoms with E-state index in [-0.39, 0.29) is 30.3 Å². The van der Waals surface area contributed by atoms with Gasteiger partial charge in [0.2, 0.25) is 0 Å². The molecule has 7 heteroatoms. The number of carboxylic acids is 1. The monoisotopic (exact) mass is 456 g/mol. The van der Waals surface area contributed by atoms with Gasteiger partial charge in [-0.2, -0.15) is 0 Å². The molecule has 5 rings (SSSR count). The molecule has 0 saturated heterocycles. The smallest absolute Gasteiger partial charge is 0.411 e. The highest BCUT2D eigenvalue weighted by atomic mass is 16.5. The largest absolute Gasteiger partial charge is 0.481 e. The Bertz CT molecular complexity index is 1230. The molecule has 0 aromatic heterocycles. The first-order chi connectivity index (χ1) is 16.5. The number of carboxylic acid groups (broad SMARTS) is 1. The van der Waals surface area contributed by atoms with Gasteiger partial charge in [-0.05, 0) is 52.8 Å². The summed E-state index contributed by atoms with van der Waals surface area (Å²) < 4.78 is 5.56. The molecule has 172 valence electrons. The van der Waals surface area contributed by atoms with Gasteiger partial charge in [-0.3, -0.25) is 14.9 Å². The van der Waals surface area contributed by atoms with Crippen molar-refractivity contribution < 1.29 is 24.2 Å². The molecule has 34 heavy (non-hydrogen) atoms. The van der Waals surface area contributed by atoms with E-state index in [0.717, 1.165) is 22.3 Å². The fourth-order valence-electron chi connectivity index (χ4n) is 4.59. The first kappa shape index (κ1) is 21.7. The molecular formula is C27H24N2O5. The maximum Gasteiger partial charge on any atom is 0.411 e. The molecule has 0 aliphatic heterocycles. The number of amides is 2. The van der Waals surface area contributed by atoms with Crippen LogP contribution >= 0.6 is 0 Å². The van der Waals surface area contributed by atoms with Crippen molar-refractivity contribution in [3.8, 4) is 11.1 Å². The molecule has 2 atom stereocenters. The molecular weight excluding hydrogens is 432 g/mol. The second kappa shape index (κ2) is 9.02. The van der Waals surface area contributed by atoms with Crippen LogP contribution in [0.5, 0.6) is 0 Å². The van der Waals surface area contributed by atoms with Gasteiger partial charge in [0.05, 0.1) is 5.92 Å². The Morgan fingerprint density at radius 2 is 1.59 bits per heavy atom. The summed E-state index contributed by atoms with van der Waals surface area (Å²) in [6, 6.07) is 22.8. The first-order valence-electron chi connectivity index (χ1n) is 11.2. The molecule has 2 aliphatic carbocycles. The summed E-state index contributed by atoms with van der Waals surface area (Å²) in [6.07, 6.45) is -0.0133. The number of hydrogen-bond donors (Lipinski definition) is 3. The third kappa shape index (κ3) is 4.37. The highest BCUT2D eigenvalue weighted by molar-refractivity contribution is 5.96. The molecule has 3 N–H and O–H groups in total. The van der Waals surface area contributed by atoms with Gasteiger partial charge < -0.3 is 15.2 Å². The van der Waals surface area contributed by atoms with Crippen LogP contribution in [-0.2, 0) is 9.53 Å². The Morgan fingerprint density at radius 3 is 2.24 bits per heavy atom. The maximum absolute atomic E-state index is 12.5. The van der Waals surface area contributed by atoms with E-state index in [1.165, 1.54) is 0 Å². The van der Waals surface area contributed by atoms with Crippen LogP contribution in [0.2, 0.25) is 0 Å². The summed E-state index contributed by atoms with van der Waals surface area (Å²) in [5.41, 5.74) is 5.41. The summed E-state index contributed by atoms with van der Waals surface area (Å²) in [4.78, 5) is 35.9. The third-order valence-corrected chi connectivity index (χ3v) is 6.48. The van der Waals surface area contributed by atoms with Crippen LogP contribution in [0.1, 0.15) is 33.8 Å². The Kier molecular flexibility index (Phi) is 5.76. The van der Waals surface area contributed by atoms with E-state index in [4.69, 9.17) is 9.84 Å². The fraction of sp³-hybridized carbons (Fsp3) is 0.222. The number of ether oxygens (including phenoxy) is 1. The standard InChI is InChI=1S/C27H24N2O5/c30-25(28-14-17-13-23(17)26(31)32)16-6-5-7-18(12-16)29-27(33)34-15-24-21-10-3-1-8-19(21)20-9-2-4-11-22(20)24/h1-12,17,23-24H,13-15H2,(H,28,30)(H,29,33)(H,31,32)/t17-,23-/m0/s1. The summed E-state index contributed by atoms with van der Waals surface area (Å²) in [6.45, 7) is 0.520. The Morgan fingerprint density at radius 1 is 0.912 bits per heavy atom. The zero-order chi connectivity index (χ0) is 23.7. The lowest BCUT2D eigenvalue weighted by Crippen LogP contribution is -2.26. The molecule has 0 spiro atoms. The molecule has 0 heterocycles. The molecule has 2 amide bonds. The molecule has 1 saturated carbocycles. The number of aliphatic carboxylic acids is 1. The SMILES string of the molecule is O=C(Nc1cccc(C(=O)NC[C@@H]2C[C@@H]2C(=O)O)c1)OCC1c2ccccc2-c2ccccc21. The van der Waals surface area contributed by atoms with E-state index < -0.39 is 12.1 Å². The number of nitrogens with one attached hydrogen (secondary N) is 2. The fourth-order valence-corrected chi connectivity index (χ4v) is 4.59. The summed E-state index contributed by atoms with van der Waals surface area (Å²) in [7, 11) is 0. The van der Waals surface area contributed by atoms with Gasteiger partial charge in [-0.15, -0.1) is 0 Å². The number of carbonyl (C=O) groups excluding carboxylic acids is 2. The van der Waals surface area contributed by atoms with E-state index in [2.05, 4.69) is 34.9 Å². The lowest BCUT2D eigenvalue weighted by Gasteiger charge is -2.15. The van der Waals surface area contributed by atoms with E-state index in [1.54, 1.807) is 24.3 Å². The van der Waals surface area contributed by atoms with Crippen molar-refractivity contribution in [3.05, 3.63) is 89.5 Å². The number of hydrogen-bond acceptors (Lipinski definition) is 4. The number of fused-ring (bicyclic) bond motifs is 3. The summed E-state index contributed by atoms with van der Waals surface area (Å²) >= 11 is 0. The Labute approximate surface area is 196 Å². The van der Waals surface area contributed by atoms with Gasteiger partial charge in [0.25, 0.3) is 5.91 Å². The molecule has 2 aliphatic rings. The molecule has 3 aromatic carbocycles. The van der Waals surface area contributed by atoms with Crippen molar-refractivity contribution in [3.63, 3.8) is 0 Å². The van der Waals surface area contributed by atoms with Crippen molar-refractivity contribution in [2.75, 3.05) is 18.5 Å². The first-order valence-corrected chi connectivity index (χ1v) is 11.2. The van der Waals surface area contributed by atoms with Crippen molar-refractivity contribution in [1.29, 1.82) is 0 Å². The van der Waals surface area contributed by atoms with Gasteiger partial charge in [0.15, 0.2) is 0 Å². The second-order valence-corrected chi connectivity index (χ2v) is 8.68. The average molecular weight is 456 g/mol. The van der Waals surface area contributed by atoms with Gasteiger partial charge in [0, 0.05) is 23.7 Å². The minimum atomic E-state index is -0.825. The van der Waals surface area contributed by atoms with Gasteiger partial charge in [-0.1, -0.05) is 54.6 Å². The molecule has 1 fully saturated rings. The van der Waals surface area contributed by atoms with Gasteiger partial charge >= 0.3 is 12.1 Å². The van der Waals surface area contributed by atoms with Crippen molar-refractivity contribution in [2.45, 2.75) is 12.3 Å². The number of rotatable bonds is 7. The lowest BCUT2D eigenvalue weighted by atomic mass is 9.98. The normalized spacial score (nSPS) is 17.9. The molecule has 0 unspecified atom stereocenters. The minimum Gasteiger partial charge on any atom is -0.481 e. The highest BCUT2D eigenvalue weighted by Crippen LogP contribution is 2.44. The predicted octanol–water partition coefficient (Wildman–Crippen LogP) is 4.50.